The molecule has 1 aromatic heterocycles. The summed E-state index contributed by atoms with van der Waals surface area (Å²) < 4.78 is 4.99. The first kappa shape index (κ1) is 16.5. The number of rotatable bonds is 6. The van der Waals surface area contributed by atoms with E-state index in [1.165, 1.54) is 0 Å². The molecule has 0 saturated heterocycles. The van der Waals surface area contributed by atoms with Crippen LogP contribution in [0.2, 0.25) is 0 Å². The second-order valence-electron chi connectivity index (χ2n) is 4.64. The number of hydrogen-bond donors (Lipinski definition) is 4. The molecule has 5 N–H and O–H groups in total. The van der Waals surface area contributed by atoms with E-state index in [-0.39, 0.29) is 0 Å². The Morgan fingerprint density at radius 3 is 2.38 bits per heavy atom. The van der Waals surface area contributed by atoms with E-state index in [4.69, 9.17) is 15.4 Å². The Hall–Kier alpha value is -2.58. The van der Waals surface area contributed by atoms with Crippen LogP contribution in [-0.2, 0) is 9.59 Å². The Morgan fingerprint density at radius 2 is 1.95 bits per heavy atom. The van der Waals surface area contributed by atoms with Gasteiger partial charge in [0.15, 0.2) is 0 Å². The van der Waals surface area contributed by atoms with Crippen molar-refractivity contribution in [3.8, 4) is 0 Å². The molecule has 9 nitrogen and oxygen atoms in total. The van der Waals surface area contributed by atoms with Crippen molar-refractivity contribution in [2.45, 2.75) is 39.3 Å². The Bertz CT molecular complexity index is 534. The van der Waals surface area contributed by atoms with Gasteiger partial charge < -0.3 is 26.0 Å². The van der Waals surface area contributed by atoms with Crippen LogP contribution in [0.5, 0.6) is 0 Å². The van der Waals surface area contributed by atoms with E-state index < -0.39 is 36.4 Å². The van der Waals surface area contributed by atoms with Gasteiger partial charge in [0.25, 0.3) is 0 Å². The normalized spacial score (nSPS) is 13.3. The van der Waals surface area contributed by atoms with Crippen molar-refractivity contribution in [1.82, 2.24) is 15.8 Å². The largest absolute Gasteiger partial charge is 0.480 e. The van der Waals surface area contributed by atoms with Crippen molar-refractivity contribution >= 4 is 17.9 Å². The molecule has 0 aliphatic heterocycles. The van der Waals surface area contributed by atoms with E-state index in [1.54, 1.807) is 20.8 Å². The first-order valence-electron chi connectivity index (χ1n) is 6.23. The van der Waals surface area contributed by atoms with Gasteiger partial charge in [0.1, 0.15) is 11.8 Å². The summed E-state index contributed by atoms with van der Waals surface area (Å²) in [6.07, 6.45) is -0.484. The lowest BCUT2D eigenvalue weighted by molar-refractivity contribution is -0.140. The zero-order chi connectivity index (χ0) is 16.2. The molecule has 0 fully saturated rings. The summed E-state index contributed by atoms with van der Waals surface area (Å²) in [5, 5.41) is 17.4. The minimum Gasteiger partial charge on any atom is -0.480 e. The molecule has 0 spiro atoms. The number of carbonyl (C=O) groups is 3. The Balaban J connectivity index is 2.68. The molecular formula is C12H18N4O5. The zero-order valence-corrected chi connectivity index (χ0v) is 12.0. The number of aryl methyl sites for hydroxylation is 2. The maximum absolute atomic E-state index is 11.8. The highest BCUT2D eigenvalue weighted by Crippen LogP contribution is 2.20. The van der Waals surface area contributed by atoms with Gasteiger partial charge in [-0.15, -0.1) is 0 Å². The van der Waals surface area contributed by atoms with Crippen molar-refractivity contribution in [1.29, 1.82) is 0 Å². The number of nitrogens with two attached hydrogens (primary N) is 1. The minimum absolute atomic E-state index is 0.431. The summed E-state index contributed by atoms with van der Waals surface area (Å²) >= 11 is 0. The number of carboxylic acids is 1. The van der Waals surface area contributed by atoms with Gasteiger partial charge in [0.05, 0.1) is 18.2 Å². The van der Waals surface area contributed by atoms with E-state index in [0.29, 0.717) is 17.0 Å². The molecule has 0 saturated carbocycles. The zero-order valence-electron chi connectivity index (χ0n) is 12.0. The van der Waals surface area contributed by atoms with Crippen LogP contribution in [0.3, 0.4) is 0 Å². The summed E-state index contributed by atoms with van der Waals surface area (Å²) in [6.45, 7) is 5.14. The van der Waals surface area contributed by atoms with E-state index in [1.807, 2.05) is 0 Å². The van der Waals surface area contributed by atoms with Crippen molar-refractivity contribution in [2.75, 3.05) is 0 Å². The van der Waals surface area contributed by atoms with Crippen molar-refractivity contribution < 1.29 is 24.0 Å². The van der Waals surface area contributed by atoms with E-state index in [9.17, 15) is 14.4 Å². The molecule has 0 radical (unpaired) electrons. The number of urea groups is 1. The monoisotopic (exact) mass is 298 g/mol. The van der Waals surface area contributed by atoms with Gasteiger partial charge in [-0.25, -0.2) is 9.59 Å². The summed E-state index contributed by atoms with van der Waals surface area (Å²) in [4.78, 5) is 33.5. The highest BCUT2D eigenvalue weighted by molar-refractivity contribution is 5.87. The maximum atomic E-state index is 11.8. The highest BCUT2D eigenvalue weighted by atomic mass is 16.5. The Labute approximate surface area is 120 Å². The smallest absolute Gasteiger partial charge is 0.326 e. The van der Waals surface area contributed by atoms with Gasteiger partial charge in [-0.3, -0.25) is 4.79 Å². The van der Waals surface area contributed by atoms with Gasteiger partial charge in [-0.1, -0.05) is 5.16 Å². The number of nitrogens with one attached hydrogen (secondary N) is 2. The Morgan fingerprint density at radius 1 is 1.33 bits per heavy atom. The number of aliphatic carboxylic acids is 1. The third-order valence-electron chi connectivity index (χ3n) is 2.88. The number of nitrogens with zero attached hydrogens (tertiary/aromatic N) is 1. The third-order valence-corrected chi connectivity index (χ3v) is 2.88. The van der Waals surface area contributed by atoms with Crippen LogP contribution in [0.4, 0.5) is 4.79 Å². The van der Waals surface area contributed by atoms with Gasteiger partial charge in [-0.05, 0) is 20.8 Å². The van der Waals surface area contributed by atoms with E-state index in [0.717, 1.165) is 0 Å². The van der Waals surface area contributed by atoms with Crippen LogP contribution < -0.4 is 16.4 Å². The molecule has 0 aliphatic carbocycles. The minimum atomic E-state index is -1.38. The van der Waals surface area contributed by atoms with Crippen LogP contribution in [0, 0.1) is 13.8 Å². The molecule has 116 valence electrons. The van der Waals surface area contributed by atoms with Crippen LogP contribution >= 0.6 is 0 Å². The quantitative estimate of drug-likeness (QED) is 0.580. The van der Waals surface area contributed by atoms with Crippen LogP contribution in [0.1, 0.15) is 36.4 Å². The fourth-order valence-electron chi connectivity index (χ4n) is 1.98. The molecule has 0 aliphatic rings. The second kappa shape index (κ2) is 6.73. The van der Waals surface area contributed by atoms with E-state index in [2.05, 4.69) is 15.8 Å². The average Bonchev–Trinajstić information content (AvgIpc) is 2.67. The fourth-order valence-corrected chi connectivity index (χ4v) is 1.98. The van der Waals surface area contributed by atoms with Gasteiger partial charge in [0, 0.05) is 5.56 Å². The van der Waals surface area contributed by atoms with Crippen LogP contribution in [0.25, 0.3) is 0 Å². The number of aromatic nitrogens is 1. The summed E-state index contributed by atoms with van der Waals surface area (Å²) in [5.74, 6) is -1.59. The van der Waals surface area contributed by atoms with Gasteiger partial charge >= 0.3 is 12.0 Å². The highest BCUT2D eigenvalue weighted by Gasteiger charge is 2.24. The number of carbonyl (C=O) groups excluding carboxylic acids is 2. The summed E-state index contributed by atoms with van der Waals surface area (Å²) in [7, 11) is 0. The number of primary amides is 1. The number of hydrogen-bond acceptors (Lipinski definition) is 5. The molecular weight excluding hydrogens is 280 g/mol. The molecule has 2 atom stereocenters. The molecule has 1 aromatic rings. The standard InChI is InChI=1S/C12H18N4O5/c1-5(10-6(2)16-21-7(10)3)14-12(20)15-8(11(18)19)4-9(13)17/h5,8H,4H2,1-3H3,(H2,13,17)(H,18,19)(H2,14,15,20)/t5?,8-/m1/s1. The van der Waals surface area contributed by atoms with Crippen molar-refractivity contribution in [2.24, 2.45) is 5.73 Å². The maximum Gasteiger partial charge on any atom is 0.326 e. The van der Waals surface area contributed by atoms with Gasteiger partial charge in [-0.2, -0.15) is 0 Å². The first-order valence-corrected chi connectivity index (χ1v) is 6.23. The van der Waals surface area contributed by atoms with Crippen molar-refractivity contribution in [3.63, 3.8) is 0 Å². The predicted octanol–water partition coefficient (Wildman–Crippen LogP) is -0.0198. The molecule has 1 unspecified atom stereocenters. The number of amides is 3. The van der Waals surface area contributed by atoms with Gasteiger partial charge in [0.2, 0.25) is 5.91 Å². The summed E-state index contributed by atoms with van der Waals surface area (Å²) in [5.41, 5.74) is 6.28. The molecule has 9 heteroatoms. The Kier molecular flexibility index (Phi) is 5.28. The lowest BCUT2D eigenvalue weighted by Crippen LogP contribution is -2.48. The molecule has 0 aromatic carbocycles. The van der Waals surface area contributed by atoms with Crippen LogP contribution in [0.15, 0.2) is 4.52 Å². The molecule has 3 amide bonds. The molecule has 1 rings (SSSR count). The van der Waals surface area contributed by atoms with Crippen LogP contribution in [-0.4, -0.2) is 34.2 Å². The predicted molar refractivity (Wildman–Crippen MR) is 71.3 cm³/mol. The van der Waals surface area contributed by atoms with E-state index >= 15 is 0 Å². The first-order chi connectivity index (χ1) is 9.72. The third kappa shape index (κ3) is 4.48. The molecule has 0 bridgehead atoms. The van der Waals surface area contributed by atoms with Crippen molar-refractivity contribution in [3.05, 3.63) is 17.0 Å². The average molecular weight is 298 g/mol. The topological polar surface area (TPSA) is 148 Å². The molecule has 1 heterocycles. The lowest BCUT2D eigenvalue weighted by atomic mass is 10.1. The molecule has 21 heavy (non-hydrogen) atoms. The second-order valence-corrected chi connectivity index (χ2v) is 4.64. The SMILES string of the molecule is Cc1noc(C)c1C(C)NC(=O)N[C@H](CC(N)=O)C(=O)O. The fraction of sp³-hybridized carbons (Fsp3) is 0.500. The summed E-state index contributed by atoms with van der Waals surface area (Å²) in [6, 6.07) is -2.53. The number of carboxylic acid groups (broad SMARTS) is 1. The lowest BCUT2D eigenvalue weighted by Gasteiger charge is -2.17.